The highest BCUT2D eigenvalue weighted by molar-refractivity contribution is 7.90. The predicted octanol–water partition coefficient (Wildman–Crippen LogP) is 0.589. The van der Waals surface area contributed by atoms with Crippen molar-refractivity contribution < 1.29 is 17.6 Å². The van der Waals surface area contributed by atoms with Gasteiger partial charge in [-0.1, -0.05) is 0 Å². The van der Waals surface area contributed by atoms with E-state index in [-0.39, 0.29) is 6.42 Å². The summed E-state index contributed by atoms with van der Waals surface area (Å²) in [4.78, 5) is 11.3. The number of halogens is 1. The Labute approximate surface area is 82.9 Å². The molecule has 0 aromatic rings. The molecule has 2 unspecified atom stereocenters. The largest absolute Gasteiger partial charge is 0.273 e. The maximum atomic E-state index is 12.7. The topological polar surface area (TPSA) is 63.2 Å². The summed E-state index contributed by atoms with van der Waals surface area (Å²) in [5, 5.41) is -0.688. The minimum atomic E-state index is -3.63. The zero-order valence-corrected chi connectivity index (χ0v) is 9.19. The van der Waals surface area contributed by atoms with Crippen molar-refractivity contribution in [3.8, 4) is 0 Å². The number of sulfonamides is 1. The molecule has 0 heterocycles. The van der Waals surface area contributed by atoms with E-state index in [1.165, 1.54) is 20.8 Å². The van der Waals surface area contributed by atoms with Gasteiger partial charge in [0, 0.05) is 0 Å². The second-order valence-electron chi connectivity index (χ2n) is 4.11. The molecule has 6 heteroatoms. The van der Waals surface area contributed by atoms with Crippen molar-refractivity contribution in [3.05, 3.63) is 0 Å². The zero-order valence-electron chi connectivity index (χ0n) is 8.37. The first-order chi connectivity index (χ1) is 6.20. The van der Waals surface area contributed by atoms with Crippen LogP contribution in [0.25, 0.3) is 0 Å². The quantitative estimate of drug-likeness (QED) is 0.761. The lowest BCUT2D eigenvalue weighted by molar-refractivity contribution is -0.124. The van der Waals surface area contributed by atoms with Crippen LogP contribution in [-0.4, -0.2) is 25.7 Å². The van der Waals surface area contributed by atoms with Crippen LogP contribution in [0, 0.1) is 5.41 Å². The lowest BCUT2D eigenvalue weighted by Crippen LogP contribution is -2.40. The molecular weight excluding hydrogens is 209 g/mol. The average molecular weight is 223 g/mol. The maximum absolute atomic E-state index is 12.7. The molecule has 0 radical (unpaired) electrons. The van der Waals surface area contributed by atoms with Crippen LogP contribution in [0.5, 0.6) is 0 Å². The molecule has 1 fully saturated rings. The Morgan fingerprint density at radius 2 is 2.00 bits per heavy atom. The number of carbonyl (C=O) groups excluding carboxylic acids is 1. The molecule has 0 aromatic carbocycles. The van der Waals surface area contributed by atoms with Crippen LogP contribution in [0.3, 0.4) is 0 Å². The first-order valence-corrected chi connectivity index (χ1v) is 5.95. The van der Waals surface area contributed by atoms with Crippen LogP contribution >= 0.6 is 0 Å². The third-order valence-corrected chi connectivity index (χ3v) is 4.22. The van der Waals surface area contributed by atoms with Gasteiger partial charge in [-0.3, -0.25) is 9.52 Å². The van der Waals surface area contributed by atoms with Crippen LogP contribution in [0.2, 0.25) is 0 Å². The van der Waals surface area contributed by atoms with Gasteiger partial charge >= 0.3 is 0 Å². The summed E-state index contributed by atoms with van der Waals surface area (Å²) >= 11 is 0. The highest BCUT2D eigenvalue weighted by Crippen LogP contribution is 2.48. The van der Waals surface area contributed by atoms with Gasteiger partial charge in [-0.15, -0.1) is 0 Å². The van der Waals surface area contributed by atoms with E-state index in [0.29, 0.717) is 0 Å². The van der Waals surface area contributed by atoms with Gasteiger partial charge in [-0.05, 0) is 27.2 Å². The van der Waals surface area contributed by atoms with Crippen molar-refractivity contribution in [1.82, 2.24) is 4.72 Å². The molecule has 0 saturated heterocycles. The summed E-state index contributed by atoms with van der Waals surface area (Å²) in [6.45, 7) is 4.33. The molecule has 1 aliphatic carbocycles. The smallest absolute Gasteiger partial charge is 0.242 e. The van der Waals surface area contributed by atoms with Gasteiger partial charge < -0.3 is 0 Å². The number of rotatable bonds is 3. The molecule has 0 aliphatic heterocycles. The maximum Gasteiger partial charge on any atom is 0.242 e. The van der Waals surface area contributed by atoms with Crippen molar-refractivity contribution in [3.63, 3.8) is 0 Å². The average Bonchev–Trinajstić information content (AvgIpc) is 2.60. The molecule has 2 atom stereocenters. The predicted molar refractivity (Wildman–Crippen MR) is 49.8 cm³/mol. The Hall–Kier alpha value is -0.650. The van der Waals surface area contributed by atoms with Crippen molar-refractivity contribution in [1.29, 1.82) is 0 Å². The van der Waals surface area contributed by atoms with Crippen molar-refractivity contribution in [2.45, 2.75) is 38.6 Å². The Balaban J connectivity index is 2.68. The fraction of sp³-hybridized carbons (Fsp3) is 0.875. The minimum Gasteiger partial charge on any atom is -0.273 e. The van der Waals surface area contributed by atoms with Gasteiger partial charge in [0.1, 0.15) is 6.17 Å². The lowest BCUT2D eigenvalue weighted by atomic mass is 10.1. The van der Waals surface area contributed by atoms with E-state index in [1.807, 2.05) is 4.72 Å². The molecule has 0 spiro atoms. The number of alkyl halides is 1. The first kappa shape index (κ1) is 11.4. The highest BCUT2D eigenvalue weighted by Gasteiger charge is 2.58. The van der Waals surface area contributed by atoms with E-state index in [2.05, 4.69) is 0 Å². The summed E-state index contributed by atoms with van der Waals surface area (Å²) in [5.74, 6) is -0.737. The Morgan fingerprint density at radius 3 is 2.29 bits per heavy atom. The second kappa shape index (κ2) is 3.18. The summed E-state index contributed by atoms with van der Waals surface area (Å²) < 4.78 is 37.1. The lowest BCUT2D eigenvalue weighted by Gasteiger charge is -2.12. The SMILES string of the molecule is CC(C)S(=O)(=O)NC(=O)C1(C)CC1F. The fourth-order valence-corrected chi connectivity index (χ4v) is 1.64. The van der Waals surface area contributed by atoms with Crippen LogP contribution in [0.4, 0.5) is 4.39 Å². The van der Waals surface area contributed by atoms with Crippen molar-refractivity contribution >= 4 is 15.9 Å². The standard InChI is InChI=1S/C8H14FNO3S/c1-5(2)14(12,13)10-7(11)8(3)4-6(8)9/h5-6H,4H2,1-3H3,(H,10,11). The summed E-state index contributed by atoms with van der Waals surface area (Å²) in [6.07, 6.45) is -1.11. The van der Waals surface area contributed by atoms with E-state index >= 15 is 0 Å². The molecule has 1 saturated carbocycles. The van der Waals surface area contributed by atoms with Gasteiger partial charge in [0.2, 0.25) is 15.9 Å². The number of amides is 1. The van der Waals surface area contributed by atoms with Crippen molar-refractivity contribution in [2.75, 3.05) is 0 Å². The van der Waals surface area contributed by atoms with Crippen LogP contribution in [0.1, 0.15) is 27.2 Å². The second-order valence-corrected chi connectivity index (χ2v) is 6.35. The van der Waals surface area contributed by atoms with E-state index in [0.717, 1.165) is 0 Å². The molecular formula is C8H14FNO3S. The number of nitrogens with one attached hydrogen (secondary N) is 1. The fourth-order valence-electron chi connectivity index (χ4n) is 0.912. The molecule has 82 valence electrons. The van der Waals surface area contributed by atoms with Gasteiger partial charge in [-0.25, -0.2) is 12.8 Å². The molecule has 4 nitrogen and oxygen atoms in total. The molecule has 1 amide bonds. The summed E-state index contributed by atoms with van der Waals surface area (Å²) in [5.41, 5.74) is -1.14. The van der Waals surface area contributed by atoms with Gasteiger partial charge in [0.05, 0.1) is 10.7 Å². The molecule has 1 aliphatic rings. The van der Waals surface area contributed by atoms with E-state index in [4.69, 9.17) is 0 Å². The van der Waals surface area contributed by atoms with Crippen LogP contribution in [-0.2, 0) is 14.8 Å². The third kappa shape index (κ3) is 1.89. The van der Waals surface area contributed by atoms with E-state index in [9.17, 15) is 17.6 Å². The van der Waals surface area contributed by atoms with E-state index in [1.54, 1.807) is 0 Å². The number of carbonyl (C=O) groups is 1. The molecule has 1 rings (SSSR count). The molecule has 14 heavy (non-hydrogen) atoms. The van der Waals surface area contributed by atoms with Gasteiger partial charge in [-0.2, -0.15) is 0 Å². The Morgan fingerprint density at radius 1 is 1.57 bits per heavy atom. The van der Waals surface area contributed by atoms with Gasteiger partial charge in [0.15, 0.2) is 0 Å². The van der Waals surface area contributed by atoms with Crippen LogP contribution < -0.4 is 4.72 Å². The highest BCUT2D eigenvalue weighted by atomic mass is 32.2. The minimum absolute atomic E-state index is 0.104. The molecule has 0 aromatic heterocycles. The van der Waals surface area contributed by atoms with Gasteiger partial charge in [0.25, 0.3) is 0 Å². The van der Waals surface area contributed by atoms with Crippen LogP contribution in [0.15, 0.2) is 0 Å². The normalized spacial score (nSPS) is 31.6. The zero-order chi connectivity index (χ0) is 11.1. The number of hydrogen-bond donors (Lipinski definition) is 1. The number of hydrogen-bond acceptors (Lipinski definition) is 3. The molecule has 1 N–H and O–H groups in total. The monoisotopic (exact) mass is 223 g/mol. The van der Waals surface area contributed by atoms with Crippen molar-refractivity contribution in [2.24, 2.45) is 5.41 Å². The third-order valence-electron chi connectivity index (χ3n) is 2.51. The Bertz CT molecular complexity index is 352. The summed E-state index contributed by atoms with van der Waals surface area (Å²) in [6, 6.07) is 0. The molecule has 0 bridgehead atoms. The summed E-state index contributed by atoms with van der Waals surface area (Å²) in [7, 11) is -3.63. The Kier molecular flexibility index (Phi) is 2.60. The first-order valence-electron chi connectivity index (χ1n) is 4.40. The van der Waals surface area contributed by atoms with E-state index < -0.39 is 32.8 Å².